The van der Waals surface area contributed by atoms with Crippen LogP contribution in [0.5, 0.6) is 0 Å². The fourth-order valence-corrected chi connectivity index (χ4v) is 3.24. The van der Waals surface area contributed by atoms with Crippen molar-refractivity contribution in [3.63, 3.8) is 0 Å². The summed E-state index contributed by atoms with van der Waals surface area (Å²) in [5, 5.41) is 2.94. The molecular weight excluding hydrogens is 360 g/mol. The van der Waals surface area contributed by atoms with Gasteiger partial charge in [-0.3, -0.25) is 9.59 Å². The Kier molecular flexibility index (Phi) is 6.80. The number of carbonyl (C=O) groups excluding carboxylic acids is 2. The molecule has 0 spiro atoms. The van der Waals surface area contributed by atoms with E-state index in [1.807, 2.05) is 105 Å². The number of hydrogen-bond donors (Lipinski definition) is 1. The molecule has 0 aliphatic carbocycles. The summed E-state index contributed by atoms with van der Waals surface area (Å²) < 4.78 is 0. The summed E-state index contributed by atoms with van der Waals surface area (Å²) in [7, 11) is 0. The van der Waals surface area contributed by atoms with Crippen LogP contribution in [0.1, 0.15) is 36.6 Å². The smallest absolute Gasteiger partial charge is 0.312 e. The number of nitrogens with zero attached hydrogens (tertiary/aromatic N) is 1. The molecule has 0 saturated heterocycles. The Bertz CT molecular complexity index is 885. The van der Waals surface area contributed by atoms with Crippen molar-refractivity contribution in [3.05, 3.63) is 108 Å². The van der Waals surface area contributed by atoms with E-state index in [9.17, 15) is 9.59 Å². The van der Waals surface area contributed by atoms with Gasteiger partial charge in [0.05, 0.1) is 6.04 Å². The molecule has 0 atom stereocenters. The molecule has 3 aromatic rings. The van der Waals surface area contributed by atoms with Crippen molar-refractivity contribution >= 4 is 11.8 Å². The maximum absolute atomic E-state index is 13.0. The SMILES string of the molecule is CC(C)N(Cc1ccccc1)C(=O)C(=O)NC(c1ccccc1)c1ccccc1. The molecule has 29 heavy (non-hydrogen) atoms. The van der Waals surface area contributed by atoms with Crippen molar-refractivity contribution in [1.29, 1.82) is 0 Å². The molecule has 1 N–H and O–H groups in total. The maximum Gasteiger partial charge on any atom is 0.312 e. The van der Waals surface area contributed by atoms with Gasteiger partial charge < -0.3 is 10.2 Å². The Labute approximate surface area is 172 Å². The predicted octanol–water partition coefficient (Wildman–Crippen LogP) is 4.33. The zero-order valence-corrected chi connectivity index (χ0v) is 16.8. The normalized spacial score (nSPS) is 10.8. The first kappa shape index (κ1) is 20.3. The third-order valence-electron chi connectivity index (χ3n) is 4.82. The Hall–Kier alpha value is -3.40. The molecule has 3 rings (SSSR count). The van der Waals surface area contributed by atoms with Crippen LogP contribution in [-0.4, -0.2) is 22.8 Å². The van der Waals surface area contributed by atoms with E-state index in [-0.39, 0.29) is 12.1 Å². The van der Waals surface area contributed by atoms with E-state index in [1.165, 1.54) is 0 Å². The fraction of sp³-hybridized carbons (Fsp3) is 0.200. The second-order valence-electron chi connectivity index (χ2n) is 7.24. The second kappa shape index (κ2) is 9.69. The summed E-state index contributed by atoms with van der Waals surface area (Å²) in [5.41, 5.74) is 2.85. The standard InChI is InChI=1S/C25H26N2O2/c1-19(2)27(18-20-12-6-3-7-13-20)25(29)24(28)26-23(21-14-8-4-9-15-21)22-16-10-5-11-17-22/h3-17,19,23H,18H2,1-2H3,(H,26,28). The number of carbonyl (C=O) groups is 2. The molecule has 2 amide bonds. The summed E-state index contributed by atoms with van der Waals surface area (Å²) in [6.45, 7) is 4.23. The Balaban J connectivity index is 1.81. The predicted molar refractivity (Wildman–Crippen MR) is 115 cm³/mol. The van der Waals surface area contributed by atoms with Gasteiger partial charge in [0, 0.05) is 12.6 Å². The van der Waals surface area contributed by atoms with Crippen LogP contribution >= 0.6 is 0 Å². The molecule has 4 heteroatoms. The van der Waals surface area contributed by atoms with Crippen molar-refractivity contribution in [2.45, 2.75) is 32.5 Å². The number of hydrogen-bond acceptors (Lipinski definition) is 2. The summed E-state index contributed by atoms with van der Waals surface area (Å²) in [5.74, 6) is -1.13. The van der Waals surface area contributed by atoms with Crippen molar-refractivity contribution in [2.24, 2.45) is 0 Å². The van der Waals surface area contributed by atoms with Gasteiger partial charge in [0.25, 0.3) is 0 Å². The lowest BCUT2D eigenvalue weighted by atomic mass is 9.98. The summed E-state index contributed by atoms with van der Waals surface area (Å²) in [6.07, 6.45) is 0. The molecule has 0 unspecified atom stereocenters. The average molecular weight is 386 g/mol. The zero-order valence-electron chi connectivity index (χ0n) is 16.8. The highest BCUT2D eigenvalue weighted by molar-refractivity contribution is 6.35. The van der Waals surface area contributed by atoms with E-state index < -0.39 is 11.8 Å². The van der Waals surface area contributed by atoms with Crippen LogP contribution in [0, 0.1) is 0 Å². The highest BCUT2D eigenvalue weighted by Crippen LogP contribution is 2.22. The molecule has 3 aromatic carbocycles. The fourth-order valence-electron chi connectivity index (χ4n) is 3.24. The van der Waals surface area contributed by atoms with Crippen molar-refractivity contribution in [1.82, 2.24) is 10.2 Å². The molecule has 0 saturated carbocycles. The lowest BCUT2D eigenvalue weighted by molar-refractivity contribution is -0.147. The van der Waals surface area contributed by atoms with Crippen LogP contribution in [0.3, 0.4) is 0 Å². The minimum absolute atomic E-state index is 0.0969. The maximum atomic E-state index is 13.0. The van der Waals surface area contributed by atoms with Crippen LogP contribution in [0.25, 0.3) is 0 Å². The monoisotopic (exact) mass is 386 g/mol. The lowest BCUT2D eigenvalue weighted by Gasteiger charge is -2.27. The highest BCUT2D eigenvalue weighted by Gasteiger charge is 2.27. The first-order valence-corrected chi connectivity index (χ1v) is 9.81. The van der Waals surface area contributed by atoms with Crippen molar-refractivity contribution in [2.75, 3.05) is 0 Å². The van der Waals surface area contributed by atoms with E-state index in [0.717, 1.165) is 16.7 Å². The van der Waals surface area contributed by atoms with Crippen LogP contribution in [0.15, 0.2) is 91.0 Å². The lowest BCUT2D eigenvalue weighted by Crippen LogP contribution is -2.46. The van der Waals surface area contributed by atoms with E-state index in [2.05, 4.69) is 5.32 Å². The summed E-state index contributed by atoms with van der Waals surface area (Å²) in [4.78, 5) is 27.5. The minimum Gasteiger partial charge on any atom is -0.337 e. The molecule has 0 aliphatic rings. The van der Waals surface area contributed by atoms with E-state index in [4.69, 9.17) is 0 Å². The Morgan fingerprint density at radius 2 is 1.21 bits per heavy atom. The van der Waals surface area contributed by atoms with Crippen molar-refractivity contribution < 1.29 is 9.59 Å². The molecule has 0 aliphatic heterocycles. The number of nitrogens with one attached hydrogen (secondary N) is 1. The molecule has 4 nitrogen and oxygen atoms in total. The van der Waals surface area contributed by atoms with E-state index in [0.29, 0.717) is 6.54 Å². The largest absolute Gasteiger partial charge is 0.337 e. The number of rotatable bonds is 6. The van der Waals surface area contributed by atoms with Gasteiger partial charge in [-0.25, -0.2) is 0 Å². The van der Waals surface area contributed by atoms with Gasteiger partial charge in [0.1, 0.15) is 0 Å². The third kappa shape index (κ3) is 5.32. The molecule has 148 valence electrons. The van der Waals surface area contributed by atoms with Crippen LogP contribution < -0.4 is 5.32 Å². The molecule has 0 bridgehead atoms. The molecule has 0 aromatic heterocycles. The third-order valence-corrected chi connectivity index (χ3v) is 4.82. The van der Waals surface area contributed by atoms with Crippen molar-refractivity contribution in [3.8, 4) is 0 Å². The van der Waals surface area contributed by atoms with Gasteiger partial charge in [-0.1, -0.05) is 91.0 Å². The first-order chi connectivity index (χ1) is 14.1. The van der Waals surface area contributed by atoms with Gasteiger partial charge in [-0.15, -0.1) is 0 Å². The van der Waals surface area contributed by atoms with Crippen LogP contribution in [-0.2, 0) is 16.1 Å². The summed E-state index contributed by atoms with van der Waals surface area (Å²) in [6, 6.07) is 28.6. The van der Waals surface area contributed by atoms with Gasteiger partial charge in [-0.2, -0.15) is 0 Å². The highest BCUT2D eigenvalue weighted by atomic mass is 16.2. The topological polar surface area (TPSA) is 49.4 Å². The summed E-state index contributed by atoms with van der Waals surface area (Å²) >= 11 is 0. The first-order valence-electron chi connectivity index (χ1n) is 9.81. The number of amides is 2. The molecule has 0 heterocycles. The second-order valence-corrected chi connectivity index (χ2v) is 7.24. The van der Waals surface area contributed by atoms with Gasteiger partial charge in [-0.05, 0) is 30.5 Å². The van der Waals surface area contributed by atoms with Gasteiger partial charge >= 0.3 is 11.8 Å². The van der Waals surface area contributed by atoms with Gasteiger partial charge in [0.15, 0.2) is 0 Å². The van der Waals surface area contributed by atoms with Crippen LogP contribution in [0.2, 0.25) is 0 Å². The molecule has 0 fully saturated rings. The molecule has 0 radical (unpaired) electrons. The van der Waals surface area contributed by atoms with Gasteiger partial charge in [0.2, 0.25) is 0 Å². The zero-order chi connectivity index (χ0) is 20.6. The van der Waals surface area contributed by atoms with Crippen LogP contribution in [0.4, 0.5) is 0 Å². The van der Waals surface area contributed by atoms with E-state index >= 15 is 0 Å². The Morgan fingerprint density at radius 3 is 1.66 bits per heavy atom. The molecular formula is C25H26N2O2. The average Bonchev–Trinajstić information content (AvgIpc) is 2.77. The number of benzene rings is 3. The minimum atomic E-state index is -0.604. The Morgan fingerprint density at radius 1 is 0.759 bits per heavy atom. The quantitative estimate of drug-likeness (QED) is 0.641. The van der Waals surface area contributed by atoms with E-state index in [1.54, 1.807) is 4.90 Å².